The summed E-state index contributed by atoms with van der Waals surface area (Å²) in [5, 5.41) is 10.0. The summed E-state index contributed by atoms with van der Waals surface area (Å²) in [6.07, 6.45) is 1.76. The smallest absolute Gasteiger partial charge is 0.272 e. The fourth-order valence-corrected chi connectivity index (χ4v) is 3.90. The fraction of sp³-hybridized carbons (Fsp3) is 0.261. The van der Waals surface area contributed by atoms with Gasteiger partial charge in [0.2, 0.25) is 5.91 Å². The summed E-state index contributed by atoms with van der Waals surface area (Å²) in [4.78, 5) is 50.2. The van der Waals surface area contributed by atoms with Crippen molar-refractivity contribution >= 4 is 29.0 Å². The second-order valence-corrected chi connectivity index (χ2v) is 7.66. The van der Waals surface area contributed by atoms with Gasteiger partial charge in [0.25, 0.3) is 11.5 Å². The first kappa shape index (κ1) is 23.6. The molecule has 3 amide bonds. The average Bonchev–Trinajstić information content (AvgIpc) is 2.85. The number of H-pyrrole nitrogens is 1. The number of carbonyl (C=O) groups excluding carboxylic acids is 3. The maximum atomic E-state index is 14.5. The van der Waals surface area contributed by atoms with Crippen LogP contribution in [-0.2, 0) is 16.0 Å². The molecule has 3 aromatic rings. The van der Waals surface area contributed by atoms with Crippen molar-refractivity contribution in [2.24, 2.45) is 0 Å². The number of halogens is 1. The van der Waals surface area contributed by atoms with Crippen LogP contribution < -0.4 is 10.9 Å². The molecule has 182 valence electrons. The van der Waals surface area contributed by atoms with Crippen molar-refractivity contribution in [1.82, 2.24) is 25.3 Å². The van der Waals surface area contributed by atoms with Crippen LogP contribution in [0.3, 0.4) is 0 Å². The first-order chi connectivity index (χ1) is 16.0. The van der Waals surface area contributed by atoms with E-state index in [2.05, 4.69) is 15.5 Å². The molecule has 2 N–H and O–H groups in total. The molecule has 0 radical (unpaired) electrons. The Bertz CT molecular complexity index is 1270. The Morgan fingerprint density at radius 2 is 1.74 bits per heavy atom. The van der Waals surface area contributed by atoms with Gasteiger partial charge in [-0.05, 0) is 23.8 Å². The molecule has 1 saturated heterocycles. The molecule has 34 heavy (non-hydrogen) atoms. The van der Waals surface area contributed by atoms with E-state index in [0.29, 0.717) is 41.5 Å². The Balaban J connectivity index is 0.00000324. The van der Waals surface area contributed by atoms with Crippen LogP contribution in [0.25, 0.3) is 10.8 Å². The fourth-order valence-electron chi connectivity index (χ4n) is 3.90. The minimum absolute atomic E-state index is 0. The maximum absolute atomic E-state index is 14.5. The molecule has 2 heterocycles. The molecule has 11 heteroatoms. The predicted molar refractivity (Wildman–Crippen MR) is 118 cm³/mol. The first-order valence-corrected chi connectivity index (χ1v) is 10.4. The van der Waals surface area contributed by atoms with E-state index in [0.717, 1.165) is 0 Å². The topological polar surface area (TPSA) is 115 Å². The number of nitrogens with one attached hydrogen (secondary N) is 2. The number of piperazine rings is 1. The van der Waals surface area contributed by atoms with Gasteiger partial charge in [-0.3, -0.25) is 14.4 Å². The van der Waals surface area contributed by atoms with Crippen molar-refractivity contribution in [3.8, 4) is 0 Å². The van der Waals surface area contributed by atoms with Crippen molar-refractivity contribution in [2.75, 3.05) is 32.7 Å². The van der Waals surface area contributed by atoms with Crippen molar-refractivity contribution in [3.63, 3.8) is 0 Å². The largest absolute Gasteiger partial charge is 0.522 e. The number of amides is 3. The number of carbonyl (C=O) groups is 2. The van der Waals surface area contributed by atoms with E-state index in [9.17, 15) is 23.6 Å². The van der Waals surface area contributed by atoms with E-state index in [1.807, 2.05) is 6.07 Å². The third-order valence-corrected chi connectivity index (χ3v) is 5.64. The van der Waals surface area contributed by atoms with E-state index in [1.54, 1.807) is 24.3 Å². The van der Waals surface area contributed by atoms with Gasteiger partial charge in [-0.1, -0.05) is 24.3 Å². The molecular weight excluding hydrogens is 686 g/mol. The van der Waals surface area contributed by atoms with Crippen LogP contribution in [0, 0.1) is 5.82 Å². The van der Waals surface area contributed by atoms with Gasteiger partial charge >= 0.3 is 0 Å². The average molecular weight is 707 g/mol. The summed E-state index contributed by atoms with van der Waals surface area (Å²) in [5.41, 5.74) is 0.943. The number of rotatable bonds is 6. The minimum Gasteiger partial charge on any atom is -0.522 e. The summed E-state index contributed by atoms with van der Waals surface area (Å²) in [7, 11) is 0. The Morgan fingerprint density at radius 3 is 2.44 bits per heavy atom. The molecule has 0 spiro atoms. The zero-order valence-electron chi connectivity index (χ0n) is 17.9. The normalized spacial score (nSPS) is 13.3. The first-order valence-electron chi connectivity index (χ1n) is 10.4. The van der Waals surface area contributed by atoms with Crippen LogP contribution in [-0.4, -0.2) is 70.9 Å². The third-order valence-electron chi connectivity index (χ3n) is 5.64. The molecule has 1 aliphatic rings. The molecule has 0 atom stereocenters. The van der Waals surface area contributed by atoms with E-state index < -0.39 is 11.7 Å². The van der Waals surface area contributed by atoms with E-state index in [1.165, 1.54) is 28.3 Å². The van der Waals surface area contributed by atoms with Crippen molar-refractivity contribution in [3.05, 3.63) is 75.5 Å². The Morgan fingerprint density at radius 1 is 1.06 bits per heavy atom. The van der Waals surface area contributed by atoms with Crippen LogP contribution >= 0.6 is 0 Å². The predicted octanol–water partition coefficient (Wildman–Crippen LogP) is 0.594. The summed E-state index contributed by atoms with van der Waals surface area (Å²) in [5.74, 6) is -1.35. The maximum Gasteiger partial charge on any atom is 0.272 e. The van der Waals surface area contributed by atoms with Gasteiger partial charge < -0.3 is 19.9 Å². The number of hydrogen-bond donors (Lipinski definition) is 2. The zero-order chi connectivity index (χ0) is 23.4. The molecule has 0 bridgehead atoms. The number of aromatic nitrogens is 2. The van der Waals surface area contributed by atoms with Gasteiger partial charge in [-0.25, -0.2) is 9.49 Å². The van der Waals surface area contributed by atoms with Gasteiger partial charge in [0, 0.05) is 38.0 Å². The standard InChI is InChI=1S/C23H21FN5O4.Fm/c24-19-6-5-15(12-20-16-3-1-2-4-17(16)22(32)27-26-20)11-18(19)23(33)29-9-7-28(8-10-29)21(31)13-25-14-30;/h1-6,11H,7-10,12-13H2,(H,25,30)(H,27,32);/q-1;. The van der Waals surface area contributed by atoms with Crippen molar-refractivity contribution < 1.29 is 18.8 Å². The van der Waals surface area contributed by atoms with Crippen molar-refractivity contribution in [1.29, 1.82) is 0 Å². The monoisotopic (exact) mass is 707 g/mol. The summed E-state index contributed by atoms with van der Waals surface area (Å²) < 4.78 is 14.5. The molecule has 4 rings (SSSR count). The number of aromatic amines is 1. The second kappa shape index (κ2) is 10.0. The molecule has 0 aliphatic carbocycles. The molecule has 9 nitrogen and oxygen atoms in total. The molecule has 0 saturated carbocycles. The molecular formula is C23H21FFmN5O4-. The number of nitrogens with zero attached hydrogens (tertiary/aromatic N) is 3. The van der Waals surface area contributed by atoms with Crippen LogP contribution in [0.2, 0.25) is 0 Å². The van der Waals surface area contributed by atoms with Crippen LogP contribution in [0.1, 0.15) is 21.6 Å². The molecule has 1 fully saturated rings. The van der Waals surface area contributed by atoms with E-state index in [4.69, 9.17) is 0 Å². The molecule has 0 unspecified atom stereocenters. The van der Waals surface area contributed by atoms with Gasteiger partial charge in [0.15, 0.2) is 0 Å². The van der Waals surface area contributed by atoms with Gasteiger partial charge in [0.1, 0.15) is 5.82 Å². The molecule has 1 aliphatic heterocycles. The van der Waals surface area contributed by atoms with Gasteiger partial charge in [-0.2, -0.15) is 11.5 Å². The Labute approximate surface area is 188 Å². The number of hydrogen-bond acceptors (Lipinski definition) is 5. The minimum atomic E-state index is -0.632. The van der Waals surface area contributed by atoms with Gasteiger partial charge in [0.05, 0.1) is 23.2 Å². The molecule has 1 aromatic heterocycles. The zero-order valence-corrected chi connectivity index (χ0v) is 20.3. The summed E-state index contributed by atoms with van der Waals surface area (Å²) in [6, 6.07) is 11.4. The van der Waals surface area contributed by atoms with Crippen molar-refractivity contribution in [2.45, 2.75) is 6.42 Å². The van der Waals surface area contributed by atoms with Crippen LogP contribution in [0.5, 0.6) is 0 Å². The quantitative estimate of drug-likeness (QED) is 0.288. The Hall–Kier alpha value is -5.08. The second-order valence-electron chi connectivity index (χ2n) is 7.66. The summed E-state index contributed by atoms with van der Waals surface area (Å²) >= 11 is 0. The van der Waals surface area contributed by atoms with Gasteiger partial charge in [-0.15, -0.1) is 0 Å². The van der Waals surface area contributed by atoms with E-state index >= 15 is 0 Å². The third kappa shape index (κ3) is 4.72. The number of fused-ring (bicyclic) bond motifs is 1. The van der Waals surface area contributed by atoms with Crippen LogP contribution in [0.15, 0.2) is 47.3 Å². The SMILES string of the molecule is O=[C-]NCC(=O)N1CCN(C(=O)c2cc(Cc3n[nH]c(=O)c4ccccc34)ccc2F)CC1.[Fm]. The molecule has 2 aromatic carbocycles. The van der Waals surface area contributed by atoms with Crippen LogP contribution in [0.4, 0.5) is 4.39 Å². The van der Waals surface area contributed by atoms with E-state index in [-0.39, 0.29) is 36.7 Å². The number of benzene rings is 2. The summed E-state index contributed by atoms with van der Waals surface area (Å²) in [6.45, 7) is 0.942. The Kier molecular flexibility index (Phi) is 6.95.